The van der Waals surface area contributed by atoms with Crippen LogP contribution in [0.15, 0.2) is 11.2 Å². The third kappa shape index (κ3) is 4.74. The van der Waals surface area contributed by atoms with Crippen molar-refractivity contribution < 1.29 is 4.74 Å². The summed E-state index contributed by atoms with van der Waals surface area (Å²) in [4.78, 5) is 11.5. The van der Waals surface area contributed by atoms with Gasteiger partial charge in [-0.1, -0.05) is 18.7 Å². The number of nitrogens with zero attached hydrogens (tertiary/aromatic N) is 3. The molecule has 0 amide bonds. The maximum absolute atomic E-state index is 5.71. The lowest BCUT2D eigenvalue weighted by molar-refractivity contribution is 0.0458. The molecule has 5 nitrogen and oxygen atoms in total. The molecule has 2 rings (SSSR count). The molecule has 0 atom stereocenters. The highest BCUT2D eigenvalue weighted by atomic mass is 32.2. The Morgan fingerprint density at radius 3 is 2.71 bits per heavy atom. The number of ether oxygens (including phenoxy) is 1. The molecule has 1 fully saturated rings. The number of anilines is 2. The van der Waals surface area contributed by atoms with Crippen molar-refractivity contribution in [1.82, 2.24) is 9.97 Å². The van der Waals surface area contributed by atoms with E-state index in [2.05, 4.69) is 40.1 Å². The molecule has 0 aliphatic carbocycles. The van der Waals surface area contributed by atoms with E-state index in [0.29, 0.717) is 6.10 Å². The Bertz CT molecular complexity index is 436. The van der Waals surface area contributed by atoms with E-state index in [4.69, 9.17) is 4.74 Å². The summed E-state index contributed by atoms with van der Waals surface area (Å²) in [6.45, 7) is 7.97. The van der Waals surface area contributed by atoms with E-state index in [1.54, 1.807) is 11.8 Å². The van der Waals surface area contributed by atoms with Gasteiger partial charge in [-0.3, -0.25) is 0 Å². The minimum absolute atomic E-state index is 0.408. The first-order valence-electron chi connectivity index (χ1n) is 7.80. The average molecular weight is 310 g/mol. The maximum Gasteiger partial charge on any atom is 0.191 e. The van der Waals surface area contributed by atoms with Crippen LogP contribution in [0.3, 0.4) is 0 Å². The Balaban J connectivity index is 2.04. The molecule has 0 unspecified atom stereocenters. The van der Waals surface area contributed by atoms with E-state index >= 15 is 0 Å². The molecule has 1 aliphatic rings. The fourth-order valence-electron chi connectivity index (χ4n) is 2.50. The van der Waals surface area contributed by atoms with E-state index in [9.17, 15) is 0 Å². The standard InChI is InChI=1S/C15H26N4OS/c1-4-8-16-13-11-14(18-15(17-13)21-3)19-9-6-12(7-10-19)20-5-2/h11-12H,4-10H2,1-3H3,(H,16,17,18). The molecule has 0 spiro atoms. The normalized spacial score (nSPS) is 16.2. The number of rotatable bonds is 7. The lowest BCUT2D eigenvalue weighted by Gasteiger charge is -2.32. The van der Waals surface area contributed by atoms with Gasteiger partial charge in [-0.05, 0) is 32.4 Å². The Morgan fingerprint density at radius 1 is 1.33 bits per heavy atom. The second-order valence-electron chi connectivity index (χ2n) is 5.17. The quantitative estimate of drug-likeness (QED) is 0.617. The van der Waals surface area contributed by atoms with Gasteiger partial charge in [-0.15, -0.1) is 0 Å². The van der Waals surface area contributed by atoms with Crippen molar-refractivity contribution in [3.05, 3.63) is 6.07 Å². The van der Waals surface area contributed by atoms with E-state index in [-0.39, 0.29) is 0 Å². The summed E-state index contributed by atoms with van der Waals surface area (Å²) in [5, 5.41) is 4.19. The number of thioether (sulfide) groups is 1. The summed E-state index contributed by atoms with van der Waals surface area (Å²) < 4.78 is 5.71. The topological polar surface area (TPSA) is 50.3 Å². The monoisotopic (exact) mass is 310 g/mol. The van der Waals surface area contributed by atoms with Gasteiger partial charge in [0.25, 0.3) is 0 Å². The van der Waals surface area contributed by atoms with Crippen LogP contribution < -0.4 is 10.2 Å². The highest BCUT2D eigenvalue weighted by Gasteiger charge is 2.21. The zero-order valence-corrected chi connectivity index (χ0v) is 14.1. The van der Waals surface area contributed by atoms with Crippen molar-refractivity contribution >= 4 is 23.4 Å². The van der Waals surface area contributed by atoms with Gasteiger partial charge >= 0.3 is 0 Å². The van der Waals surface area contributed by atoms with Crippen LogP contribution in [0.2, 0.25) is 0 Å². The molecule has 21 heavy (non-hydrogen) atoms. The first-order chi connectivity index (χ1) is 10.3. The van der Waals surface area contributed by atoms with E-state index < -0.39 is 0 Å². The molecule has 118 valence electrons. The summed E-state index contributed by atoms with van der Waals surface area (Å²) in [6, 6.07) is 2.07. The molecule has 0 aromatic carbocycles. The van der Waals surface area contributed by atoms with Crippen molar-refractivity contribution in [1.29, 1.82) is 0 Å². The Morgan fingerprint density at radius 2 is 2.10 bits per heavy atom. The third-order valence-corrected chi connectivity index (χ3v) is 4.15. The second-order valence-corrected chi connectivity index (χ2v) is 5.94. The van der Waals surface area contributed by atoms with Gasteiger partial charge in [0.2, 0.25) is 0 Å². The molecule has 1 aromatic heterocycles. The van der Waals surface area contributed by atoms with E-state index in [1.807, 2.05) is 6.26 Å². The summed E-state index contributed by atoms with van der Waals surface area (Å²) in [6.07, 6.45) is 5.66. The lowest BCUT2D eigenvalue weighted by atomic mass is 10.1. The smallest absolute Gasteiger partial charge is 0.191 e. The molecule has 1 saturated heterocycles. The molecule has 0 bridgehead atoms. The predicted octanol–water partition coefficient (Wildman–Crippen LogP) is 3.03. The van der Waals surface area contributed by atoms with Crippen LogP contribution >= 0.6 is 11.8 Å². The highest BCUT2D eigenvalue weighted by molar-refractivity contribution is 7.98. The SMILES string of the molecule is CCCNc1cc(N2CCC(OCC)CC2)nc(SC)n1. The molecule has 1 N–H and O–H groups in total. The van der Waals surface area contributed by atoms with Crippen molar-refractivity contribution in [2.75, 3.05) is 42.7 Å². The summed E-state index contributed by atoms with van der Waals surface area (Å²) in [5.41, 5.74) is 0. The van der Waals surface area contributed by atoms with Crippen LogP contribution in [0.1, 0.15) is 33.1 Å². The Labute approximate surface area is 131 Å². The number of aromatic nitrogens is 2. The third-order valence-electron chi connectivity index (χ3n) is 3.60. The minimum atomic E-state index is 0.408. The summed E-state index contributed by atoms with van der Waals surface area (Å²) >= 11 is 1.59. The molecular formula is C15H26N4OS. The van der Waals surface area contributed by atoms with Crippen molar-refractivity contribution in [2.45, 2.75) is 44.4 Å². The van der Waals surface area contributed by atoms with Crippen molar-refractivity contribution in [3.63, 3.8) is 0 Å². The fraction of sp³-hybridized carbons (Fsp3) is 0.733. The Kier molecular flexibility index (Phi) is 6.57. The minimum Gasteiger partial charge on any atom is -0.378 e. The lowest BCUT2D eigenvalue weighted by Crippen LogP contribution is -2.37. The first kappa shape index (κ1) is 16.4. The molecule has 0 saturated carbocycles. The molecule has 1 aromatic rings. The van der Waals surface area contributed by atoms with Crippen LogP contribution in [0.4, 0.5) is 11.6 Å². The predicted molar refractivity (Wildman–Crippen MR) is 89.5 cm³/mol. The van der Waals surface area contributed by atoms with Crippen LogP contribution in [0.5, 0.6) is 0 Å². The largest absolute Gasteiger partial charge is 0.378 e. The van der Waals surface area contributed by atoms with Crippen LogP contribution in [-0.4, -0.2) is 48.6 Å². The zero-order chi connectivity index (χ0) is 15.1. The number of hydrogen-bond donors (Lipinski definition) is 1. The highest BCUT2D eigenvalue weighted by Crippen LogP contribution is 2.24. The number of nitrogens with one attached hydrogen (secondary N) is 1. The maximum atomic E-state index is 5.71. The van der Waals surface area contributed by atoms with Crippen molar-refractivity contribution in [2.24, 2.45) is 0 Å². The zero-order valence-electron chi connectivity index (χ0n) is 13.3. The van der Waals surface area contributed by atoms with E-state index in [1.165, 1.54) is 0 Å². The summed E-state index contributed by atoms with van der Waals surface area (Å²) in [5.74, 6) is 1.96. The molecular weight excluding hydrogens is 284 g/mol. The van der Waals surface area contributed by atoms with Gasteiger partial charge in [-0.2, -0.15) is 0 Å². The van der Waals surface area contributed by atoms with Gasteiger partial charge < -0.3 is 15.0 Å². The fourth-order valence-corrected chi connectivity index (χ4v) is 2.87. The van der Waals surface area contributed by atoms with Gasteiger partial charge in [0.05, 0.1) is 6.10 Å². The average Bonchev–Trinajstić information content (AvgIpc) is 2.53. The van der Waals surface area contributed by atoms with Crippen LogP contribution in [-0.2, 0) is 4.74 Å². The van der Waals surface area contributed by atoms with Gasteiger partial charge in [0.1, 0.15) is 11.6 Å². The molecule has 1 aliphatic heterocycles. The first-order valence-corrected chi connectivity index (χ1v) is 9.02. The number of hydrogen-bond acceptors (Lipinski definition) is 6. The Hall–Kier alpha value is -1.01. The molecule has 0 radical (unpaired) electrons. The van der Waals surface area contributed by atoms with Crippen molar-refractivity contribution in [3.8, 4) is 0 Å². The van der Waals surface area contributed by atoms with Crippen LogP contribution in [0.25, 0.3) is 0 Å². The van der Waals surface area contributed by atoms with E-state index in [0.717, 1.165) is 62.3 Å². The van der Waals surface area contributed by atoms with Crippen LogP contribution in [0, 0.1) is 0 Å². The van der Waals surface area contributed by atoms with Gasteiger partial charge in [0.15, 0.2) is 5.16 Å². The second kappa shape index (κ2) is 8.44. The number of piperidine rings is 1. The van der Waals surface area contributed by atoms with Gasteiger partial charge in [0, 0.05) is 32.3 Å². The van der Waals surface area contributed by atoms with Gasteiger partial charge in [-0.25, -0.2) is 9.97 Å². The summed E-state index contributed by atoms with van der Waals surface area (Å²) in [7, 11) is 0. The molecule has 2 heterocycles. The molecule has 6 heteroatoms.